The number of likely N-dealkylation sites (tertiary alicyclic amines) is 1. The number of nitrogens with two attached hydrogens (primary N) is 1. The van der Waals surface area contributed by atoms with Gasteiger partial charge in [0, 0.05) is 18.7 Å². The molecule has 1 aliphatic rings. The maximum atomic E-state index is 12.2. The summed E-state index contributed by atoms with van der Waals surface area (Å²) in [6.45, 7) is 4.83. The topological polar surface area (TPSA) is 101 Å². The first kappa shape index (κ1) is 19.0. The number of hydrogen-bond donors (Lipinski definition) is 2. The van der Waals surface area contributed by atoms with Crippen molar-refractivity contribution in [2.45, 2.75) is 57.2 Å². The van der Waals surface area contributed by atoms with Gasteiger partial charge in [0.15, 0.2) is 0 Å². The van der Waals surface area contributed by atoms with Gasteiger partial charge in [0.25, 0.3) is 0 Å². The number of carbonyl (C=O) groups excluding carboxylic acids is 2. The first-order valence-corrected chi connectivity index (χ1v) is 8.82. The van der Waals surface area contributed by atoms with Crippen LogP contribution in [0.5, 0.6) is 0 Å². The van der Waals surface area contributed by atoms with E-state index in [9.17, 15) is 14.4 Å². The monoisotopic (exact) mass is 330 g/mol. The highest BCUT2D eigenvalue weighted by Gasteiger charge is 2.38. The largest absolute Gasteiger partial charge is 0.480 e. The summed E-state index contributed by atoms with van der Waals surface area (Å²) in [6.07, 6.45) is 4.27. The summed E-state index contributed by atoms with van der Waals surface area (Å²) in [5.41, 5.74) is 5.42. The molecule has 1 saturated heterocycles. The van der Waals surface area contributed by atoms with Crippen molar-refractivity contribution in [1.29, 1.82) is 0 Å². The number of hydrogen-bond acceptors (Lipinski definition) is 5. The zero-order valence-corrected chi connectivity index (χ0v) is 14.1. The van der Waals surface area contributed by atoms with Crippen LogP contribution in [0, 0.1) is 5.92 Å². The molecule has 1 heterocycles. The molecule has 0 saturated carbocycles. The molecule has 126 valence electrons. The van der Waals surface area contributed by atoms with Gasteiger partial charge in [0.05, 0.1) is 5.25 Å². The minimum absolute atomic E-state index is 0.140. The van der Waals surface area contributed by atoms with Crippen molar-refractivity contribution in [2.75, 3.05) is 12.3 Å². The normalized spacial score (nSPS) is 20.0. The van der Waals surface area contributed by atoms with Crippen LogP contribution in [0.1, 0.15) is 46.0 Å². The van der Waals surface area contributed by atoms with E-state index < -0.39 is 17.3 Å². The number of carbonyl (C=O) groups is 3. The van der Waals surface area contributed by atoms with Crippen molar-refractivity contribution in [1.82, 2.24) is 4.90 Å². The van der Waals surface area contributed by atoms with Crippen molar-refractivity contribution in [3.05, 3.63) is 0 Å². The molecule has 0 aromatic carbocycles. The molecule has 0 aliphatic carbocycles. The molecule has 0 aromatic rings. The van der Waals surface area contributed by atoms with Crippen molar-refractivity contribution < 1.29 is 19.5 Å². The standard InChI is InChI=1S/C15H26N2O4S/c1-10(2)6-4-3-5-7-17-13(18)8-12(14(17)19)22-9-11(16)15(20)21/h10-12H,3-9,16H2,1-2H3,(H,20,21). The second kappa shape index (κ2) is 9.15. The quantitative estimate of drug-likeness (QED) is 0.465. The number of carboxylic acids is 1. The van der Waals surface area contributed by atoms with E-state index in [4.69, 9.17) is 10.8 Å². The molecule has 7 heteroatoms. The molecule has 2 unspecified atom stereocenters. The number of imide groups is 1. The second-order valence-electron chi connectivity index (χ2n) is 6.10. The predicted molar refractivity (Wildman–Crippen MR) is 86.5 cm³/mol. The molecule has 0 spiro atoms. The van der Waals surface area contributed by atoms with Crippen LogP contribution in [-0.4, -0.2) is 51.4 Å². The van der Waals surface area contributed by atoms with Crippen LogP contribution >= 0.6 is 11.8 Å². The smallest absolute Gasteiger partial charge is 0.321 e. The molecule has 1 rings (SSSR count). The minimum atomic E-state index is -1.09. The van der Waals surface area contributed by atoms with E-state index in [2.05, 4.69) is 13.8 Å². The molecule has 2 atom stereocenters. The van der Waals surface area contributed by atoms with E-state index in [0.717, 1.165) is 25.7 Å². The Bertz CT molecular complexity index is 414. The van der Waals surface area contributed by atoms with Crippen LogP contribution in [0.15, 0.2) is 0 Å². The molecule has 22 heavy (non-hydrogen) atoms. The number of carboxylic acid groups (broad SMARTS) is 1. The van der Waals surface area contributed by atoms with Crippen LogP contribution in [-0.2, 0) is 14.4 Å². The number of nitrogens with zero attached hydrogens (tertiary/aromatic N) is 1. The van der Waals surface area contributed by atoms with Gasteiger partial charge in [-0.2, -0.15) is 0 Å². The number of aliphatic carboxylic acids is 1. The van der Waals surface area contributed by atoms with Gasteiger partial charge in [-0.05, 0) is 12.3 Å². The fraction of sp³-hybridized carbons (Fsp3) is 0.800. The first-order chi connectivity index (χ1) is 10.3. The SMILES string of the molecule is CC(C)CCCCCN1C(=O)CC(SCC(N)C(=O)O)C1=O. The van der Waals surface area contributed by atoms with Gasteiger partial charge in [0.1, 0.15) is 6.04 Å². The zero-order chi connectivity index (χ0) is 16.7. The predicted octanol–water partition coefficient (Wildman–Crippen LogP) is 1.48. The zero-order valence-electron chi connectivity index (χ0n) is 13.3. The lowest BCUT2D eigenvalue weighted by Gasteiger charge is -2.15. The maximum absolute atomic E-state index is 12.2. The Morgan fingerprint density at radius 3 is 2.64 bits per heavy atom. The van der Waals surface area contributed by atoms with Gasteiger partial charge in [0.2, 0.25) is 11.8 Å². The average Bonchev–Trinajstić information content (AvgIpc) is 2.70. The molecule has 0 radical (unpaired) electrons. The third-order valence-electron chi connectivity index (χ3n) is 3.66. The van der Waals surface area contributed by atoms with Crippen molar-refractivity contribution in [3.8, 4) is 0 Å². The van der Waals surface area contributed by atoms with Gasteiger partial charge < -0.3 is 10.8 Å². The Kier molecular flexibility index (Phi) is 7.89. The molecule has 3 N–H and O–H groups in total. The van der Waals surface area contributed by atoms with E-state index >= 15 is 0 Å². The fourth-order valence-electron chi connectivity index (χ4n) is 2.31. The third-order valence-corrected chi connectivity index (χ3v) is 4.98. The van der Waals surface area contributed by atoms with E-state index in [1.165, 1.54) is 16.7 Å². The number of unbranched alkanes of at least 4 members (excludes halogenated alkanes) is 2. The lowest BCUT2D eigenvalue weighted by Crippen LogP contribution is -2.35. The van der Waals surface area contributed by atoms with Gasteiger partial charge in [-0.1, -0.05) is 33.1 Å². The molecule has 6 nitrogen and oxygen atoms in total. The van der Waals surface area contributed by atoms with Crippen LogP contribution in [0.2, 0.25) is 0 Å². The van der Waals surface area contributed by atoms with Gasteiger partial charge in [-0.15, -0.1) is 11.8 Å². The highest BCUT2D eigenvalue weighted by Crippen LogP contribution is 2.26. The van der Waals surface area contributed by atoms with Crippen LogP contribution in [0.3, 0.4) is 0 Å². The lowest BCUT2D eigenvalue weighted by atomic mass is 10.1. The molecule has 1 fully saturated rings. The molecule has 2 amide bonds. The Morgan fingerprint density at radius 2 is 2.05 bits per heavy atom. The summed E-state index contributed by atoms with van der Waals surface area (Å²) >= 11 is 1.17. The van der Waals surface area contributed by atoms with Crippen LogP contribution in [0.4, 0.5) is 0 Å². The number of rotatable bonds is 10. The lowest BCUT2D eigenvalue weighted by molar-refractivity contribution is -0.139. The molecular weight excluding hydrogens is 304 g/mol. The van der Waals surface area contributed by atoms with Gasteiger partial charge >= 0.3 is 5.97 Å². The van der Waals surface area contributed by atoms with Crippen LogP contribution < -0.4 is 5.73 Å². The summed E-state index contributed by atoms with van der Waals surface area (Å²) in [6, 6.07) is -1.00. The summed E-state index contributed by atoms with van der Waals surface area (Å²) < 4.78 is 0. The second-order valence-corrected chi connectivity index (χ2v) is 7.33. The highest BCUT2D eigenvalue weighted by atomic mass is 32.2. The van der Waals surface area contributed by atoms with E-state index in [1.54, 1.807) is 0 Å². The number of thioether (sulfide) groups is 1. The van der Waals surface area contributed by atoms with E-state index in [-0.39, 0.29) is 24.0 Å². The molecule has 1 aliphatic heterocycles. The molecular formula is C15H26N2O4S. The Morgan fingerprint density at radius 1 is 1.36 bits per heavy atom. The summed E-state index contributed by atoms with van der Waals surface area (Å²) in [5.74, 6) is -0.631. The Labute approximate surface area is 135 Å². The third kappa shape index (κ3) is 5.96. The molecule has 0 bridgehead atoms. The summed E-state index contributed by atoms with van der Waals surface area (Å²) in [5, 5.41) is 8.25. The van der Waals surface area contributed by atoms with Crippen molar-refractivity contribution in [2.24, 2.45) is 11.7 Å². The number of amides is 2. The maximum Gasteiger partial charge on any atom is 0.321 e. The molecule has 0 aromatic heterocycles. The van der Waals surface area contributed by atoms with Crippen LogP contribution in [0.25, 0.3) is 0 Å². The minimum Gasteiger partial charge on any atom is -0.480 e. The Hall–Kier alpha value is -1.08. The average molecular weight is 330 g/mol. The van der Waals surface area contributed by atoms with E-state index in [1.807, 2.05) is 0 Å². The van der Waals surface area contributed by atoms with E-state index in [0.29, 0.717) is 12.5 Å². The van der Waals surface area contributed by atoms with Gasteiger partial charge in [-0.25, -0.2) is 0 Å². The highest BCUT2D eigenvalue weighted by molar-refractivity contribution is 8.00. The summed E-state index contributed by atoms with van der Waals surface area (Å²) in [4.78, 5) is 36.0. The fourth-order valence-corrected chi connectivity index (χ4v) is 3.42. The van der Waals surface area contributed by atoms with Crippen molar-refractivity contribution in [3.63, 3.8) is 0 Å². The van der Waals surface area contributed by atoms with Crippen molar-refractivity contribution >= 4 is 29.5 Å². The Balaban J connectivity index is 2.33. The summed E-state index contributed by atoms with van der Waals surface area (Å²) in [7, 11) is 0. The first-order valence-electron chi connectivity index (χ1n) is 7.77. The van der Waals surface area contributed by atoms with Gasteiger partial charge in [-0.3, -0.25) is 19.3 Å².